The fourth-order valence-electron chi connectivity index (χ4n) is 3.51. The SMILES string of the molecule is CC(c1ccccc1)c1cc2cc(C(=N)c3ccnc(N)c3)c(N)cc2[nH]c1=O. The molecule has 2 heterocycles. The summed E-state index contributed by atoms with van der Waals surface area (Å²) in [4.78, 5) is 19.6. The molecule has 0 aliphatic rings. The van der Waals surface area contributed by atoms with Crippen LogP contribution >= 0.6 is 0 Å². The second-order valence-corrected chi connectivity index (χ2v) is 7.06. The van der Waals surface area contributed by atoms with Crippen molar-refractivity contribution in [2.75, 3.05) is 11.5 Å². The van der Waals surface area contributed by atoms with Gasteiger partial charge in [0.25, 0.3) is 5.56 Å². The number of aromatic nitrogens is 2. The van der Waals surface area contributed by atoms with E-state index in [1.165, 1.54) is 0 Å². The number of hydrogen-bond donors (Lipinski definition) is 4. The molecule has 0 radical (unpaired) electrons. The van der Waals surface area contributed by atoms with Crippen molar-refractivity contribution in [3.05, 3.63) is 99.5 Å². The number of rotatable bonds is 4. The van der Waals surface area contributed by atoms with Crippen molar-refractivity contribution in [2.45, 2.75) is 12.8 Å². The minimum Gasteiger partial charge on any atom is -0.398 e. The van der Waals surface area contributed by atoms with E-state index in [4.69, 9.17) is 16.9 Å². The number of hydrogen-bond acceptors (Lipinski definition) is 5. The number of nitrogen functional groups attached to an aromatic ring is 2. The molecule has 0 saturated heterocycles. The molecule has 1 atom stereocenters. The molecule has 0 aliphatic heterocycles. The lowest BCUT2D eigenvalue weighted by Gasteiger charge is -2.14. The van der Waals surface area contributed by atoms with Crippen LogP contribution in [0.3, 0.4) is 0 Å². The Balaban J connectivity index is 1.83. The molecular weight excluding hydrogens is 362 g/mol. The van der Waals surface area contributed by atoms with Crippen LogP contribution in [0.5, 0.6) is 0 Å². The monoisotopic (exact) mass is 383 g/mol. The van der Waals surface area contributed by atoms with Crippen LogP contribution in [0.1, 0.15) is 35.1 Å². The normalized spacial score (nSPS) is 12.0. The highest BCUT2D eigenvalue weighted by Gasteiger charge is 2.16. The van der Waals surface area contributed by atoms with Gasteiger partial charge in [0.15, 0.2) is 0 Å². The van der Waals surface area contributed by atoms with Crippen molar-refractivity contribution in [3.63, 3.8) is 0 Å². The van der Waals surface area contributed by atoms with Crippen LogP contribution in [-0.4, -0.2) is 15.7 Å². The van der Waals surface area contributed by atoms with Crippen molar-refractivity contribution in [2.24, 2.45) is 0 Å². The third-order valence-electron chi connectivity index (χ3n) is 5.15. The van der Waals surface area contributed by atoms with Gasteiger partial charge in [-0.2, -0.15) is 0 Å². The van der Waals surface area contributed by atoms with E-state index in [2.05, 4.69) is 9.97 Å². The summed E-state index contributed by atoms with van der Waals surface area (Å²) in [5.74, 6) is 0.278. The van der Waals surface area contributed by atoms with Crippen LogP contribution in [0.15, 0.2) is 71.7 Å². The van der Waals surface area contributed by atoms with Crippen LogP contribution < -0.4 is 17.0 Å². The van der Waals surface area contributed by atoms with E-state index in [0.29, 0.717) is 33.7 Å². The molecule has 0 aliphatic carbocycles. The molecule has 6 nitrogen and oxygen atoms in total. The molecule has 0 bridgehead atoms. The first-order valence-electron chi connectivity index (χ1n) is 9.26. The van der Waals surface area contributed by atoms with Gasteiger partial charge in [0.05, 0.1) is 11.2 Å². The Morgan fingerprint density at radius 2 is 1.83 bits per heavy atom. The Kier molecular flexibility index (Phi) is 4.60. The average Bonchev–Trinajstić information content (AvgIpc) is 2.72. The van der Waals surface area contributed by atoms with Gasteiger partial charge in [-0.15, -0.1) is 0 Å². The summed E-state index contributed by atoms with van der Waals surface area (Å²) in [5.41, 5.74) is 16.0. The molecule has 4 rings (SSSR count). The molecule has 6 heteroatoms. The maximum Gasteiger partial charge on any atom is 0.252 e. The fraction of sp³-hybridized carbons (Fsp3) is 0.0870. The summed E-state index contributed by atoms with van der Waals surface area (Å²) in [5, 5.41) is 9.38. The molecule has 6 N–H and O–H groups in total. The summed E-state index contributed by atoms with van der Waals surface area (Å²) >= 11 is 0. The van der Waals surface area contributed by atoms with E-state index < -0.39 is 0 Å². The summed E-state index contributed by atoms with van der Waals surface area (Å²) in [7, 11) is 0. The Bertz CT molecular complexity index is 1280. The van der Waals surface area contributed by atoms with E-state index in [0.717, 1.165) is 10.9 Å². The summed E-state index contributed by atoms with van der Waals surface area (Å²) < 4.78 is 0. The maximum atomic E-state index is 12.7. The molecule has 29 heavy (non-hydrogen) atoms. The molecule has 1 unspecified atom stereocenters. The summed E-state index contributed by atoms with van der Waals surface area (Å²) in [6.07, 6.45) is 1.56. The van der Waals surface area contributed by atoms with Gasteiger partial charge >= 0.3 is 0 Å². The number of nitrogens with two attached hydrogens (primary N) is 2. The minimum atomic E-state index is -0.141. The van der Waals surface area contributed by atoms with Gasteiger partial charge in [-0.05, 0) is 41.3 Å². The van der Waals surface area contributed by atoms with Crippen molar-refractivity contribution >= 4 is 28.1 Å². The molecule has 0 saturated carbocycles. The Hall–Kier alpha value is -3.93. The number of benzene rings is 2. The van der Waals surface area contributed by atoms with E-state index in [1.807, 2.05) is 49.4 Å². The van der Waals surface area contributed by atoms with Crippen molar-refractivity contribution in [1.82, 2.24) is 9.97 Å². The second-order valence-electron chi connectivity index (χ2n) is 7.06. The number of anilines is 2. The molecule has 2 aromatic heterocycles. The number of nitrogens with one attached hydrogen (secondary N) is 2. The summed E-state index contributed by atoms with van der Waals surface area (Å²) in [6, 6.07) is 18.7. The maximum absolute atomic E-state index is 12.7. The van der Waals surface area contributed by atoms with Gasteiger partial charge in [-0.1, -0.05) is 37.3 Å². The summed E-state index contributed by atoms with van der Waals surface area (Å²) in [6.45, 7) is 2.01. The molecule has 4 aromatic rings. The molecule has 0 fully saturated rings. The van der Waals surface area contributed by atoms with Crippen molar-refractivity contribution < 1.29 is 0 Å². The number of aromatic amines is 1. The number of pyridine rings is 2. The van der Waals surface area contributed by atoms with Gasteiger partial charge in [0.1, 0.15) is 5.82 Å². The third kappa shape index (κ3) is 3.48. The first-order chi connectivity index (χ1) is 13.9. The topological polar surface area (TPSA) is 122 Å². The lowest BCUT2D eigenvalue weighted by molar-refractivity contribution is 0.901. The Morgan fingerprint density at radius 3 is 2.55 bits per heavy atom. The largest absolute Gasteiger partial charge is 0.398 e. The lowest BCUT2D eigenvalue weighted by Crippen LogP contribution is -2.16. The van der Waals surface area contributed by atoms with Crippen molar-refractivity contribution in [3.8, 4) is 0 Å². The zero-order chi connectivity index (χ0) is 20.5. The van der Waals surface area contributed by atoms with Crippen LogP contribution in [0.2, 0.25) is 0 Å². The third-order valence-corrected chi connectivity index (χ3v) is 5.15. The van der Waals surface area contributed by atoms with Gasteiger partial charge in [-0.25, -0.2) is 4.98 Å². The minimum absolute atomic E-state index is 0.0650. The zero-order valence-electron chi connectivity index (χ0n) is 15.9. The van der Waals surface area contributed by atoms with Gasteiger partial charge < -0.3 is 16.5 Å². The molecule has 0 amide bonds. The average molecular weight is 383 g/mol. The van der Waals surface area contributed by atoms with Gasteiger partial charge in [0, 0.05) is 34.5 Å². The second kappa shape index (κ2) is 7.24. The highest BCUT2D eigenvalue weighted by atomic mass is 16.1. The highest BCUT2D eigenvalue weighted by Crippen LogP contribution is 2.27. The van der Waals surface area contributed by atoms with Gasteiger partial charge in [-0.3, -0.25) is 10.2 Å². The first-order valence-corrected chi connectivity index (χ1v) is 9.26. The van der Waals surface area contributed by atoms with E-state index in [9.17, 15) is 4.79 Å². The highest BCUT2D eigenvalue weighted by molar-refractivity contribution is 6.15. The van der Waals surface area contributed by atoms with E-state index >= 15 is 0 Å². The number of nitrogens with zero attached hydrogens (tertiary/aromatic N) is 1. The quantitative estimate of drug-likeness (QED) is 0.317. The molecular formula is C23H21N5O. The molecule has 144 valence electrons. The predicted molar refractivity (Wildman–Crippen MR) is 118 cm³/mol. The Morgan fingerprint density at radius 1 is 1.07 bits per heavy atom. The van der Waals surface area contributed by atoms with Crippen LogP contribution in [0.25, 0.3) is 10.9 Å². The van der Waals surface area contributed by atoms with Crippen LogP contribution in [-0.2, 0) is 0 Å². The fourth-order valence-corrected chi connectivity index (χ4v) is 3.51. The van der Waals surface area contributed by atoms with Crippen LogP contribution in [0, 0.1) is 5.41 Å². The smallest absolute Gasteiger partial charge is 0.252 e. The predicted octanol–water partition coefficient (Wildman–Crippen LogP) is 3.66. The van der Waals surface area contributed by atoms with Crippen molar-refractivity contribution in [1.29, 1.82) is 5.41 Å². The molecule has 0 spiro atoms. The van der Waals surface area contributed by atoms with Crippen LogP contribution in [0.4, 0.5) is 11.5 Å². The van der Waals surface area contributed by atoms with E-state index in [-0.39, 0.29) is 17.2 Å². The Labute approximate surface area is 167 Å². The standard InChI is InChI=1S/C23H21N5O/c1-13(14-5-3-2-4-6-14)17-9-16-10-18(19(24)12-20(16)28-23(17)29)22(26)15-7-8-27-21(25)11-15/h2-13,26H,24H2,1H3,(H2,25,27)(H,28,29). The molecule has 2 aromatic carbocycles. The van der Waals surface area contributed by atoms with E-state index in [1.54, 1.807) is 24.4 Å². The first kappa shape index (κ1) is 18.4. The van der Waals surface area contributed by atoms with Gasteiger partial charge in [0.2, 0.25) is 0 Å². The zero-order valence-corrected chi connectivity index (χ0v) is 15.9. The number of H-pyrrole nitrogens is 1. The number of fused-ring (bicyclic) bond motifs is 1. The lowest BCUT2D eigenvalue weighted by atomic mass is 9.92.